The van der Waals surface area contributed by atoms with Gasteiger partial charge in [-0.05, 0) is 12.1 Å². The van der Waals surface area contributed by atoms with E-state index in [0.717, 1.165) is 4.90 Å². The topological polar surface area (TPSA) is 100 Å². The molecule has 1 rings (SSSR count). The van der Waals surface area contributed by atoms with Crippen LogP contribution in [0.15, 0.2) is 22.8 Å². The minimum Gasteiger partial charge on any atom is -0.480 e. The lowest BCUT2D eigenvalue weighted by Gasteiger charge is -2.23. The van der Waals surface area contributed by atoms with Gasteiger partial charge in [0.05, 0.1) is 19.4 Å². The molecule has 1 N–H and O–H groups in total. The van der Waals surface area contributed by atoms with Crippen molar-refractivity contribution >= 4 is 17.8 Å². The molecule has 0 atom stereocenters. The van der Waals surface area contributed by atoms with E-state index in [2.05, 4.69) is 0 Å². The number of carboxylic acid groups (broad SMARTS) is 1. The highest BCUT2D eigenvalue weighted by Gasteiger charge is 2.22. The van der Waals surface area contributed by atoms with Crippen molar-refractivity contribution in [1.82, 2.24) is 9.80 Å². The maximum absolute atomic E-state index is 12.1. The van der Waals surface area contributed by atoms with Gasteiger partial charge in [0.2, 0.25) is 5.91 Å². The summed E-state index contributed by atoms with van der Waals surface area (Å²) < 4.78 is 9.79. The van der Waals surface area contributed by atoms with Crippen LogP contribution in [0.1, 0.15) is 10.6 Å². The largest absolute Gasteiger partial charge is 0.480 e. The molecule has 2 amide bonds. The van der Waals surface area contributed by atoms with E-state index in [-0.39, 0.29) is 25.5 Å². The van der Waals surface area contributed by atoms with Gasteiger partial charge in [-0.15, -0.1) is 0 Å². The molecule has 0 bridgehead atoms. The van der Waals surface area contributed by atoms with Crippen molar-refractivity contribution in [3.8, 4) is 0 Å². The Kier molecular flexibility index (Phi) is 6.41. The molecule has 21 heavy (non-hydrogen) atoms. The molecule has 0 radical (unpaired) electrons. The number of hydrogen-bond acceptors (Lipinski definition) is 5. The van der Waals surface area contributed by atoms with E-state index in [1.807, 2.05) is 0 Å². The molecular formula is C13H18N2O6. The summed E-state index contributed by atoms with van der Waals surface area (Å²) in [6.45, 7) is -0.319. The summed E-state index contributed by atoms with van der Waals surface area (Å²) in [5.41, 5.74) is 0. The zero-order valence-electron chi connectivity index (χ0n) is 11.9. The van der Waals surface area contributed by atoms with Crippen LogP contribution in [0.5, 0.6) is 0 Å². The molecule has 0 saturated carbocycles. The van der Waals surface area contributed by atoms with Crippen molar-refractivity contribution in [2.75, 3.05) is 40.4 Å². The number of likely N-dealkylation sites (N-methyl/N-ethyl adjacent to an activating group) is 1. The SMILES string of the molecule is COCCN(CC(=O)O)C(=O)CN(C)C(=O)c1ccco1. The third kappa shape index (κ3) is 5.27. The molecule has 0 fully saturated rings. The summed E-state index contributed by atoms with van der Waals surface area (Å²) in [4.78, 5) is 37.0. The monoisotopic (exact) mass is 298 g/mol. The second kappa shape index (κ2) is 8.05. The maximum Gasteiger partial charge on any atom is 0.323 e. The van der Waals surface area contributed by atoms with E-state index in [1.165, 1.54) is 31.4 Å². The van der Waals surface area contributed by atoms with Crippen LogP contribution in [0.3, 0.4) is 0 Å². The Morgan fingerprint density at radius 2 is 2.05 bits per heavy atom. The molecule has 0 unspecified atom stereocenters. The highest BCUT2D eigenvalue weighted by atomic mass is 16.5. The minimum atomic E-state index is -1.13. The number of carbonyl (C=O) groups is 3. The first-order valence-electron chi connectivity index (χ1n) is 6.23. The number of methoxy groups -OCH3 is 1. The molecular weight excluding hydrogens is 280 g/mol. The molecule has 0 aromatic carbocycles. The van der Waals surface area contributed by atoms with Gasteiger partial charge in [0, 0.05) is 20.7 Å². The van der Waals surface area contributed by atoms with Crippen molar-refractivity contribution in [1.29, 1.82) is 0 Å². The lowest BCUT2D eigenvalue weighted by molar-refractivity contribution is -0.145. The van der Waals surface area contributed by atoms with Gasteiger partial charge in [-0.1, -0.05) is 0 Å². The number of amides is 2. The van der Waals surface area contributed by atoms with Crippen LogP contribution >= 0.6 is 0 Å². The van der Waals surface area contributed by atoms with Gasteiger partial charge in [0.25, 0.3) is 5.91 Å². The Labute approximate surface area is 121 Å². The standard InChI is InChI=1S/C13H18N2O6/c1-14(13(19)10-4-3-6-21-10)8-11(16)15(5-7-20-2)9-12(17)18/h3-4,6H,5,7-9H2,1-2H3,(H,17,18). The van der Waals surface area contributed by atoms with Crippen LogP contribution in [-0.2, 0) is 14.3 Å². The van der Waals surface area contributed by atoms with E-state index in [0.29, 0.717) is 0 Å². The fraction of sp³-hybridized carbons (Fsp3) is 0.462. The molecule has 8 nitrogen and oxygen atoms in total. The average Bonchev–Trinajstić information content (AvgIpc) is 2.95. The van der Waals surface area contributed by atoms with Crippen molar-refractivity contribution < 1.29 is 28.6 Å². The first-order valence-corrected chi connectivity index (χ1v) is 6.23. The molecule has 0 spiro atoms. The molecule has 1 aromatic heterocycles. The van der Waals surface area contributed by atoms with Crippen LogP contribution in [0.2, 0.25) is 0 Å². The third-order valence-corrected chi connectivity index (χ3v) is 2.70. The lowest BCUT2D eigenvalue weighted by Crippen LogP contribution is -2.44. The van der Waals surface area contributed by atoms with E-state index < -0.39 is 24.3 Å². The highest BCUT2D eigenvalue weighted by Crippen LogP contribution is 2.04. The number of carboxylic acids is 1. The van der Waals surface area contributed by atoms with Crippen LogP contribution < -0.4 is 0 Å². The van der Waals surface area contributed by atoms with E-state index in [4.69, 9.17) is 14.3 Å². The van der Waals surface area contributed by atoms with E-state index in [9.17, 15) is 14.4 Å². The van der Waals surface area contributed by atoms with Gasteiger partial charge in [-0.25, -0.2) is 0 Å². The number of carbonyl (C=O) groups excluding carboxylic acids is 2. The summed E-state index contributed by atoms with van der Waals surface area (Å²) in [5, 5.41) is 8.80. The second-order valence-electron chi connectivity index (χ2n) is 4.34. The molecule has 8 heteroatoms. The Morgan fingerprint density at radius 1 is 1.33 bits per heavy atom. The maximum atomic E-state index is 12.1. The van der Waals surface area contributed by atoms with E-state index in [1.54, 1.807) is 6.07 Å². The number of aliphatic carboxylic acids is 1. The third-order valence-electron chi connectivity index (χ3n) is 2.70. The van der Waals surface area contributed by atoms with Crippen LogP contribution in [0.25, 0.3) is 0 Å². The molecule has 0 aliphatic carbocycles. The number of hydrogen-bond donors (Lipinski definition) is 1. The summed E-state index contributed by atoms with van der Waals surface area (Å²) in [6.07, 6.45) is 1.36. The zero-order chi connectivity index (χ0) is 15.8. The summed E-state index contributed by atoms with van der Waals surface area (Å²) in [7, 11) is 2.90. The fourth-order valence-electron chi connectivity index (χ4n) is 1.62. The van der Waals surface area contributed by atoms with E-state index >= 15 is 0 Å². The average molecular weight is 298 g/mol. The van der Waals surface area contributed by atoms with Crippen LogP contribution in [0.4, 0.5) is 0 Å². The fourth-order valence-corrected chi connectivity index (χ4v) is 1.62. The minimum absolute atomic E-state index is 0.118. The number of rotatable bonds is 8. The summed E-state index contributed by atoms with van der Waals surface area (Å²) >= 11 is 0. The number of ether oxygens (including phenoxy) is 1. The smallest absolute Gasteiger partial charge is 0.323 e. The van der Waals surface area contributed by atoms with Crippen LogP contribution in [0, 0.1) is 0 Å². The van der Waals surface area contributed by atoms with Crippen molar-refractivity contribution in [3.63, 3.8) is 0 Å². The van der Waals surface area contributed by atoms with Gasteiger partial charge < -0.3 is 24.1 Å². The van der Waals surface area contributed by atoms with Gasteiger partial charge in [-0.3, -0.25) is 14.4 Å². The Morgan fingerprint density at radius 3 is 2.57 bits per heavy atom. The van der Waals surface area contributed by atoms with Gasteiger partial charge >= 0.3 is 5.97 Å². The Hall–Kier alpha value is -2.35. The normalized spacial score (nSPS) is 10.2. The Bertz CT molecular complexity index is 485. The second-order valence-corrected chi connectivity index (χ2v) is 4.34. The molecule has 1 aromatic rings. The predicted octanol–water partition coefficient (Wildman–Crippen LogP) is -0.0888. The van der Waals surface area contributed by atoms with Crippen molar-refractivity contribution in [2.24, 2.45) is 0 Å². The lowest BCUT2D eigenvalue weighted by atomic mass is 10.3. The first-order chi connectivity index (χ1) is 9.95. The van der Waals surface area contributed by atoms with Crippen molar-refractivity contribution in [3.05, 3.63) is 24.2 Å². The highest BCUT2D eigenvalue weighted by molar-refractivity contribution is 5.94. The Balaban J connectivity index is 2.62. The summed E-state index contributed by atoms with van der Waals surface area (Å²) in [6, 6.07) is 3.06. The first kappa shape index (κ1) is 16.7. The predicted molar refractivity (Wildman–Crippen MR) is 71.8 cm³/mol. The number of nitrogens with zero attached hydrogens (tertiary/aromatic N) is 2. The molecule has 0 aliphatic rings. The molecule has 0 saturated heterocycles. The van der Waals surface area contributed by atoms with Gasteiger partial charge in [0.15, 0.2) is 5.76 Å². The van der Waals surface area contributed by atoms with Crippen LogP contribution in [-0.4, -0.2) is 73.1 Å². The van der Waals surface area contributed by atoms with Gasteiger partial charge in [0.1, 0.15) is 6.54 Å². The number of furan rings is 1. The van der Waals surface area contributed by atoms with Crippen molar-refractivity contribution in [2.45, 2.75) is 0 Å². The zero-order valence-corrected chi connectivity index (χ0v) is 11.9. The molecule has 1 heterocycles. The van der Waals surface area contributed by atoms with Gasteiger partial charge in [-0.2, -0.15) is 0 Å². The quantitative estimate of drug-likeness (QED) is 0.720. The molecule has 116 valence electrons. The summed E-state index contributed by atoms with van der Waals surface area (Å²) in [5.74, 6) is -1.93. The molecule has 0 aliphatic heterocycles.